The van der Waals surface area contributed by atoms with Gasteiger partial charge in [-0.3, -0.25) is 4.90 Å². The van der Waals surface area contributed by atoms with E-state index in [1.165, 1.54) is 32.9 Å². The zero-order valence-electron chi connectivity index (χ0n) is 11.4. The van der Waals surface area contributed by atoms with E-state index in [0.717, 1.165) is 31.0 Å². The fraction of sp³-hybridized carbons (Fsp3) is 0.786. The molecule has 0 aromatic heterocycles. The first kappa shape index (κ1) is 14.2. The molecule has 0 unspecified atom stereocenters. The van der Waals surface area contributed by atoms with Gasteiger partial charge in [0.15, 0.2) is 0 Å². The highest BCUT2D eigenvalue weighted by atomic mass is 16.5. The molecule has 0 bridgehead atoms. The summed E-state index contributed by atoms with van der Waals surface area (Å²) in [4.78, 5) is 13.8. The summed E-state index contributed by atoms with van der Waals surface area (Å²) in [5.41, 5.74) is 0.791. The maximum atomic E-state index is 11.4. The maximum Gasteiger partial charge on any atom is 0.333 e. The molecule has 0 aliphatic heterocycles. The average Bonchev–Trinajstić information content (AvgIpc) is 2.30. The molecule has 3 nitrogen and oxygen atoms in total. The lowest BCUT2D eigenvalue weighted by atomic mass is 9.85. The number of rotatable bonds is 7. The second-order valence-corrected chi connectivity index (χ2v) is 4.72. The molecule has 0 atom stereocenters. The van der Waals surface area contributed by atoms with Gasteiger partial charge in [0.1, 0.15) is 0 Å². The Morgan fingerprint density at radius 1 is 1.41 bits per heavy atom. The number of ether oxygens (including phenoxy) is 1. The van der Waals surface area contributed by atoms with Gasteiger partial charge in [-0.1, -0.05) is 26.3 Å². The van der Waals surface area contributed by atoms with Gasteiger partial charge in [-0.25, -0.2) is 4.79 Å². The third-order valence-corrected chi connectivity index (χ3v) is 3.61. The molecule has 1 saturated carbocycles. The average molecular weight is 239 g/mol. The molecule has 1 aliphatic carbocycles. The van der Waals surface area contributed by atoms with Crippen molar-refractivity contribution in [3.8, 4) is 0 Å². The molecule has 17 heavy (non-hydrogen) atoms. The quantitative estimate of drug-likeness (QED) is 0.505. The van der Waals surface area contributed by atoms with Crippen molar-refractivity contribution in [2.75, 3.05) is 26.7 Å². The van der Waals surface area contributed by atoms with Gasteiger partial charge in [-0.2, -0.15) is 0 Å². The van der Waals surface area contributed by atoms with Crippen LogP contribution >= 0.6 is 0 Å². The number of nitrogens with zero attached hydrogens (tertiary/aromatic N) is 1. The Labute approximate surface area is 105 Å². The van der Waals surface area contributed by atoms with E-state index in [-0.39, 0.29) is 5.97 Å². The van der Waals surface area contributed by atoms with Crippen molar-refractivity contribution in [2.24, 2.45) is 5.92 Å². The highest BCUT2D eigenvalue weighted by Crippen LogP contribution is 2.26. The van der Waals surface area contributed by atoms with Crippen LogP contribution < -0.4 is 0 Å². The standard InChI is InChI=1S/C14H25NO2/c1-4-13(14(16)17-3)9-10-15(5-2)11-12-7-6-8-12/h9,12H,4-8,10-11H2,1-3H3/b13-9-. The van der Waals surface area contributed by atoms with Crippen molar-refractivity contribution in [3.05, 3.63) is 11.6 Å². The smallest absolute Gasteiger partial charge is 0.333 e. The number of likely N-dealkylation sites (N-methyl/N-ethyl adjacent to an activating group) is 1. The van der Waals surface area contributed by atoms with Gasteiger partial charge in [0, 0.05) is 18.7 Å². The minimum Gasteiger partial charge on any atom is -0.466 e. The summed E-state index contributed by atoms with van der Waals surface area (Å²) < 4.78 is 4.76. The van der Waals surface area contributed by atoms with Crippen LogP contribution in [-0.4, -0.2) is 37.6 Å². The minimum absolute atomic E-state index is 0.188. The number of carbonyl (C=O) groups excluding carboxylic acids is 1. The summed E-state index contributed by atoms with van der Waals surface area (Å²) in [6, 6.07) is 0. The Morgan fingerprint density at radius 2 is 2.12 bits per heavy atom. The lowest BCUT2D eigenvalue weighted by molar-refractivity contribution is -0.136. The van der Waals surface area contributed by atoms with Crippen LogP contribution in [0.5, 0.6) is 0 Å². The molecule has 0 heterocycles. The van der Waals surface area contributed by atoms with Crippen molar-refractivity contribution < 1.29 is 9.53 Å². The predicted octanol–water partition coefficient (Wildman–Crippen LogP) is 2.62. The predicted molar refractivity (Wildman–Crippen MR) is 69.8 cm³/mol. The molecule has 0 amide bonds. The molecule has 98 valence electrons. The molecule has 1 aliphatic rings. The fourth-order valence-electron chi connectivity index (χ4n) is 2.12. The molecule has 3 heteroatoms. The Morgan fingerprint density at radius 3 is 2.53 bits per heavy atom. The lowest BCUT2D eigenvalue weighted by Crippen LogP contribution is -2.32. The number of hydrogen-bond acceptors (Lipinski definition) is 3. The van der Waals surface area contributed by atoms with E-state index in [0.29, 0.717) is 0 Å². The summed E-state index contributed by atoms with van der Waals surface area (Å²) in [5.74, 6) is 0.693. The summed E-state index contributed by atoms with van der Waals surface area (Å²) in [6.45, 7) is 7.25. The molecule has 0 radical (unpaired) electrons. The first-order valence-electron chi connectivity index (χ1n) is 6.70. The van der Waals surface area contributed by atoms with Crippen molar-refractivity contribution >= 4 is 5.97 Å². The zero-order valence-corrected chi connectivity index (χ0v) is 11.4. The largest absolute Gasteiger partial charge is 0.466 e. The van der Waals surface area contributed by atoms with E-state index in [2.05, 4.69) is 11.8 Å². The Bertz CT molecular complexity index is 269. The summed E-state index contributed by atoms with van der Waals surface area (Å²) >= 11 is 0. The second-order valence-electron chi connectivity index (χ2n) is 4.72. The van der Waals surface area contributed by atoms with Crippen LogP contribution in [0, 0.1) is 5.92 Å². The summed E-state index contributed by atoms with van der Waals surface area (Å²) in [7, 11) is 1.44. The molecule has 0 N–H and O–H groups in total. The molecular weight excluding hydrogens is 214 g/mol. The summed E-state index contributed by atoms with van der Waals surface area (Å²) in [6.07, 6.45) is 6.90. The van der Waals surface area contributed by atoms with Crippen molar-refractivity contribution in [2.45, 2.75) is 39.5 Å². The molecule has 1 fully saturated rings. The Balaban J connectivity index is 2.42. The van der Waals surface area contributed by atoms with Crippen LogP contribution in [0.4, 0.5) is 0 Å². The van der Waals surface area contributed by atoms with Crippen molar-refractivity contribution in [1.29, 1.82) is 0 Å². The highest BCUT2D eigenvalue weighted by molar-refractivity contribution is 5.88. The highest BCUT2D eigenvalue weighted by Gasteiger charge is 2.19. The van der Waals surface area contributed by atoms with Gasteiger partial charge >= 0.3 is 5.97 Å². The van der Waals surface area contributed by atoms with Crippen molar-refractivity contribution in [1.82, 2.24) is 4.90 Å². The maximum absolute atomic E-state index is 11.4. The first-order chi connectivity index (χ1) is 8.21. The molecule has 0 spiro atoms. The first-order valence-corrected chi connectivity index (χ1v) is 6.70. The topological polar surface area (TPSA) is 29.5 Å². The van der Waals surface area contributed by atoms with E-state index in [9.17, 15) is 4.79 Å². The van der Waals surface area contributed by atoms with Crippen LogP contribution in [0.15, 0.2) is 11.6 Å². The SMILES string of the molecule is CC/C(=C/CN(CC)CC1CCC1)C(=O)OC. The number of esters is 1. The van der Waals surface area contributed by atoms with Crippen molar-refractivity contribution in [3.63, 3.8) is 0 Å². The second kappa shape index (κ2) is 7.49. The van der Waals surface area contributed by atoms with Crippen LogP contribution in [0.2, 0.25) is 0 Å². The van der Waals surface area contributed by atoms with Crippen LogP contribution in [-0.2, 0) is 9.53 Å². The summed E-state index contributed by atoms with van der Waals surface area (Å²) in [5, 5.41) is 0. The van der Waals surface area contributed by atoms with E-state index in [4.69, 9.17) is 4.74 Å². The van der Waals surface area contributed by atoms with Gasteiger partial charge in [0.25, 0.3) is 0 Å². The van der Waals surface area contributed by atoms with Gasteiger partial charge in [0.05, 0.1) is 7.11 Å². The lowest BCUT2D eigenvalue weighted by Gasteiger charge is -2.31. The third-order valence-electron chi connectivity index (χ3n) is 3.61. The van der Waals surface area contributed by atoms with Crippen LogP contribution in [0.25, 0.3) is 0 Å². The monoisotopic (exact) mass is 239 g/mol. The third kappa shape index (κ3) is 4.50. The van der Waals surface area contributed by atoms with E-state index in [1.54, 1.807) is 0 Å². The number of carbonyl (C=O) groups is 1. The molecular formula is C14H25NO2. The van der Waals surface area contributed by atoms with Gasteiger partial charge in [0.2, 0.25) is 0 Å². The normalized spacial score (nSPS) is 17.1. The zero-order chi connectivity index (χ0) is 12.7. The number of methoxy groups -OCH3 is 1. The fourth-order valence-corrected chi connectivity index (χ4v) is 2.12. The van der Waals surface area contributed by atoms with Crippen LogP contribution in [0.3, 0.4) is 0 Å². The van der Waals surface area contributed by atoms with E-state index in [1.807, 2.05) is 13.0 Å². The Hall–Kier alpha value is -0.830. The minimum atomic E-state index is -0.188. The van der Waals surface area contributed by atoms with Gasteiger partial charge in [-0.05, 0) is 31.7 Å². The van der Waals surface area contributed by atoms with E-state index < -0.39 is 0 Å². The molecule has 0 saturated heterocycles. The van der Waals surface area contributed by atoms with E-state index >= 15 is 0 Å². The van der Waals surface area contributed by atoms with Crippen LogP contribution in [0.1, 0.15) is 39.5 Å². The molecule has 1 rings (SSSR count). The molecule has 0 aromatic carbocycles. The number of hydrogen-bond donors (Lipinski definition) is 0. The van der Waals surface area contributed by atoms with Gasteiger partial charge in [-0.15, -0.1) is 0 Å². The van der Waals surface area contributed by atoms with Gasteiger partial charge < -0.3 is 4.74 Å². The molecule has 0 aromatic rings. The Kier molecular flexibility index (Phi) is 6.27.